The molecule has 0 aliphatic rings. The summed E-state index contributed by atoms with van der Waals surface area (Å²) < 4.78 is 0. The first-order chi connectivity index (χ1) is 13.1. The first kappa shape index (κ1) is 26.1. The number of aliphatic hydroxyl groups is 2. The molecule has 1 amide bonds. The largest absolute Gasteiger partial charge is 0.394 e. The molecule has 2 unspecified atom stereocenters. The Morgan fingerprint density at radius 1 is 0.963 bits per heavy atom. The molecule has 0 aliphatic heterocycles. The van der Waals surface area contributed by atoms with Crippen molar-refractivity contribution in [2.75, 3.05) is 19.7 Å². The van der Waals surface area contributed by atoms with Crippen LogP contribution >= 0.6 is 0 Å². The van der Waals surface area contributed by atoms with Crippen molar-refractivity contribution in [1.82, 2.24) is 4.90 Å². The van der Waals surface area contributed by atoms with Gasteiger partial charge in [0.1, 0.15) is 0 Å². The topological polar surface area (TPSA) is 60.8 Å². The van der Waals surface area contributed by atoms with E-state index in [4.69, 9.17) is 5.11 Å². The second kappa shape index (κ2) is 18.5. The average Bonchev–Trinajstić information content (AvgIpc) is 2.67. The van der Waals surface area contributed by atoms with E-state index in [1.165, 1.54) is 38.5 Å². The molecule has 0 radical (unpaired) electrons. The van der Waals surface area contributed by atoms with Gasteiger partial charge < -0.3 is 15.1 Å². The minimum absolute atomic E-state index is 0.123. The lowest BCUT2D eigenvalue weighted by molar-refractivity contribution is -0.134. The zero-order valence-electron chi connectivity index (χ0n) is 18.2. The summed E-state index contributed by atoms with van der Waals surface area (Å²) in [6.45, 7) is 7.15. The van der Waals surface area contributed by atoms with Gasteiger partial charge in [0.2, 0.25) is 5.91 Å². The number of rotatable bonds is 18. The number of amides is 1. The molecular formula is C23H45NO3. The Kier molecular flexibility index (Phi) is 17.9. The summed E-state index contributed by atoms with van der Waals surface area (Å²) in [6, 6.07) is 0. The maximum Gasteiger partial charge on any atom is 0.222 e. The third-order valence-corrected chi connectivity index (χ3v) is 5.19. The zero-order chi connectivity index (χ0) is 20.3. The van der Waals surface area contributed by atoms with Crippen LogP contribution in [-0.4, -0.2) is 46.8 Å². The van der Waals surface area contributed by atoms with Crippen LogP contribution in [0.2, 0.25) is 0 Å². The van der Waals surface area contributed by atoms with E-state index < -0.39 is 6.10 Å². The maximum atomic E-state index is 12.7. The van der Waals surface area contributed by atoms with Crippen molar-refractivity contribution in [2.45, 2.75) is 104 Å². The molecule has 4 heteroatoms. The smallest absolute Gasteiger partial charge is 0.222 e. The van der Waals surface area contributed by atoms with E-state index in [-0.39, 0.29) is 19.1 Å². The first-order valence-corrected chi connectivity index (χ1v) is 11.3. The Morgan fingerprint density at radius 3 is 2.19 bits per heavy atom. The Hall–Kier alpha value is -0.870. The standard InChI is InChI=1S/C23H45NO3/c1-4-7-9-10-11-12-13-15-17-24(19-22(26)20-25)23(27)18-21(6-3)16-14-8-5-2/h11-12,21-22,25-26H,4-10,13-20H2,1-3H3. The highest BCUT2D eigenvalue weighted by atomic mass is 16.3. The van der Waals surface area contributed by atoms with Crippen molar-refractivity contribution < 1.29 is 15.0 Å². The molecule has 0 spiro atoms. The summed E-state index contributed by atoms with van der Waals surface area (Å²) >= 11 is 0. The van der Waals surface area contributed by atoms with Crippen molar-refractivity contribution in [1.29, 1.82) is 0 Å². The van der Waals surface area contributed by atoms with Gasteiger partial charge in [0.15, 0.2) is 0 Å². The Bertz CT molecular complexity index is 371. The minimum Gasteiger partial charge on any atom is -0.394 e. The number of hydrogen-bond acceptors (Lipinski definition) is 3. The Morgan fingerprint density at radius 2 is 1.59 bits per heavy atom. The van der Waals surface area contributed by atoms with Gasteiger partial charge in [-0.1, -0.05) is 71.4 Å². The van der Waals surface area contributed by atoms with Crippen LogP contribution in [0.1, 0.15) is 97.8 Å². The van der Waals surface area contributed by atoms with Crippen LogP contribution in [0.25, 0.3) is 0 Å². The van der Waals surface area contributed by atoms with Crippen molar-refractivity contribution in [3.05, 3.63) is 12.2 Å². The molecule has 0 fully saturated rings. The van der Waals surface area contributed by atoms with E-state index in [2.05, 4.69) is 32.9 Å². The Balaban J connectivity index is 4.40. The fraction of sp³-hybridized carbons (Fsp3) is 0.870. The summed E-state index contributed by atoms with van der Waals surface area (Å²) in [5.41, 5.74) is 0. The van der Waals surface area contributed by atoms with Gasteiger partial charge >= 0.3 is 0 Å². The fourth-order valence-corrected chi connectivity index (χ4v) is 3.29. The van der Waals surface area contributed by atoms with E-state index in [1.54, 1.807) is 4.90 Å². The van der Waals surface area contributed by atoms with Gasteiger partial charge in [0.05, 0.1) is 12.7 Å². The quantitative estimate of drug-likeness (QED) is 0.256. The van der Waals surface area contributed by atoms with Gasteiger partial charge in [0, 0.05) is 19.5 Å². The third-order valence-electron chi connectivity index (χ3n) is 5.19. The second-order valence-corrected chi connectivity index (χ2v) is 7.76. The average molecular weight is 384 g/mol. The van der Waals surface area contributed by atoms with E-state index in [0.717, 1.165) is 32.1 Å². The molecule has 2 N–H and O–H groups in total. The van der Waals surface area contributed by atoms with Crippen LogP contribution in [0.3, 0.4) is 0 Å². The van der Waals surface area contributed by atoms with E-state index in [1.807, 2.05) is 0 Å². The zero-order valence-corrected chi connectivity index (χ0v) is 18.2. The maximum absolute atomic E-state index is 12.7. The van der Waals surface area contributed by atoms with E-state index in [0.29, 0.717) is 18.9 Å². The number of aliphatic hydroxyl groups excluding tert-OH is 2. The van der Waals surface area contributed by atoms with Gasteiger partial charge in [-0.05, 0) is 38.0 Å². The molecule has 0 aromatic rings. The lowest BCUT2D eigenvalue weighted by atomic mass is 9.94. The highest BCUT2D eigenvalue weighted by Gasteiger charge is 2.20. The molecule has 0 rings (SSSR count). The van der Waals surface area contributed by atoms with Crippen molar-refractivity contribution >= 4 is 5.91 Å². The number of carbonyl (C=O) groups excluding carboxylic acids is 1. The summed E-state index contributed by atoms with van der Waals surface area (Å²) in [4.78, 5) is 14.5. The molecule has 0 saturated carbocycles. The summed E-state index contributed by atoms with van der Waals surface area (Å²) in [5.74, 6) is 0.550. The van der Waals surface area contributed by atoms with Crippen LogP contribution in [0.4, 0.5) is 0 Å². The molecule has 4 nitrogen and oxygen atoms in total. The SMILES string of the molecule is CCCCCC=CCCCN(CC(O)CO)C(=O)CC(CC)CCCCC. The lowest BCUT2D eigenvalue weighted by Crippen LogP contribution is -2.40. The molecule has 0 saturated heterocycles. The number of nitrogens with zero attached hydrogens (tertiary/aromatic N) is 1. The molecule has 0 aliphatic carbocycles. The summed E-state index contributed by atoms with van der Waals surface area (Å²) in [5, 5.41) is 19.0. The molecule has 0 heterocycles. The Labute approximate surface area is 168 Å². The first-order valence-electron chi connectivity index (χ1n) is 11.3. The van der Waals surface area contributed by atoms with Crippen LogP contribution in [0.5, 0.6) is 0 Å². The van der Waals surface area contributed by atoms with Crippen LogP contribution < -0.4 is 0 Å². The predicted molar refractivity (Wildman–Crippen MR) is 115 cm³/mol. The van der Waals surface area contributed by atoms with Crippen LogP contribution in [0.15, 0.2) is 12.2 Å². The van der Waals surface area contributed by atoms with Gasteiger partial charge in [-0.3, -0.25) is 4.79 Å². The van der Waals surface area contributed by atoms with Crippen molar-refractivity contribution in [3.63, 3.8) is 0 Å². The lowest BCUT2D eigenvalue weighted by Gasteiger charge is -2.26. The highest BCUT2D eigenvalue weighted by Crippen LogP contribution is 2.19. The van der Waals surface area contributed by atoms with Crippen LogP contribution in [0, 0.1) is 5.92 Å². The second-order valence-electron chi connectivity index (χ2n) is 7.76. The molecular weight excluding hydrogens is 338 g/mol. The molecule has 0 aromatic carbocycles. The number of allylic oxidation sites excluding steroid dienone is 2. The molecule has 27 heavy (non-hydrogen) atoms. The van der Waals surface area contributed by atoms with Crippen molar-refractivity contribution in [2.24, 2.45) is 5.92 Å². The van der Waals surface area contributed by atoms with Crippen molar-refractivity contribution in [3.8, 4) is 0 Å². The third kappa shape index (κ3) is 14.8. The van der Waals surface area contributed by atoms with Crippen LogP contribution in [-0.2, 0) is 4.79 Å². The number of unbranched alkanes of at least 4 members (excludes halogenated alkanes) is 6. The molecule has 160 valence electrons. The monoisotopic (exact) mass is 383 g/mol. The normalized spacial score (nSPS) is 13.8. The van der Waals surface area contributed by atoms with E-state index >= 15 is 0 Å². The number of hydrogen-bond donors (Lipinski definition) is 2. The summed E-state index contributed by atoms with van der Waals surface area (Å²) in [6.07, 6.45) is 16.7. The molecule has 0 bridgehead atoms. The van der Waals surface area contributed by atoms with Gasteiger partial charge in [-0.25, -0.2) is 0 Å². The minimum atomic E-state index is -0.848. The van der Waals surface area contributed by atoms with Gasteiger partial charge in [-0.2, -0.15) is 0 Å². The highest BCUT2D eigenvalue weighted by molar-refractivity contribution is 5.76. The van der Waals surface area contributed by atoms with Gasteiger partial charge in [0.25, 0.3) is 0 Å². The predicted octanol–water partition coefficient (Wildman–Crippen LogP) is 5.08. The molecule has 0 aromatic heterocycles. The fourth-order valence-electron chi connectivity index (χ4n) is 3.29. The van der Waals surface area contributed by atoms with Gasteiger partial charge in [-0.15, -0.1) is 0 Å². The van der Waals surface area contributed by atoms with E-state index in [9.17, 15) is 9.90 Å². The molecule has 2 atom stereocenters. The summed E-state index contributed by atoms with van der Waals surface area (Å²) in [7, 11) is 0. The number of carbonyl (C=O) groups is 1.